The van der Waals surface area contributed by atoms with Crippen molar-refractivity contribution in [1.29, 1.82) is 0 Å². The highest BCUT2D eigenvalue weighted by atomic mass is 16.6. The van der Waals surface area contributed by atoms with Crippen LogP contribution >= 0.6 is 0 Å². The zero-order chi connectivity index (χ0) is 17.6. The monoisotopic (exact) mass is 344 g/mol. The van der Waals surface area contributed by atoms with Crippen LogP contribution in [0, 0.1) is 0 Å². The quantitative estimate of drug-likeness (QED) is 0.353. The standard InChI is InChI=1S/C19H36O5/c1-2-3-4-5-6-7-8-9-10-11-12-13-23-19-17(14-20)24-15-16(21)18(19)22/h7-8,16-22H,2-6,9-15H2,1H3/b8-7+/t16-,17+,18+,19+/m0/s1. The molecule has 5 heteroatoms. The van der Waals surface area contributed by atoms with E-state index < -0.39 is 24.4 Å². The van der Waals surface area contributed by atoms with E-state index in [-0.39, 0.29) is 13.2 Å². The summed E-state index contributed by atoms with van der Waals surface area (Å²) in [4.78, 5) is 0. The molecule has 0 saturated carbocycles. The Labute approximate surface area is 146 Å². The van der Waals surface area contributed by atoms with Gasteiger partial charge in [-0.25, -0.2) is 0 Å². The molecule has 0 radical (unpaired) electrons. The molecule has 24 heavy (non-hydrogen) atoms. The Morgan fingerprint density at radius 3 is 2.29 bits per heavy atom. The van der Waals surface area contributed by atoms with Crippen LogP contribution in [0.4, 0.5) is 0 Å². The van der Waals surface area contributed by atoms with Gasteiger partial charge in [0.25, 0.3) is 0 Å². The van der Waals surface area contributed by atoms with Crippen molar-refractivity contribution in [2.75, 3.05) is 19.8 Å². The average molecular weight is 344 g/mol. The number of rotatable bonds is 13. The van der Waals surface area contributed by atoms with Crippen molar-refractivity contribution < 1.29 is 24.8 Å². The van der Waals surface area contributed by atoms with Crippen LogP contribution in [-0.2, 0) is 9.47 Å². The number of hydrogen-bond acceptors (Lipinski definition) is 5. The van der Waals surface area contributed by atoms with Crippen LogP contribution in [0.3, 0.4) is 0 Å². The lowest BCUT2D eigenvalue weighted by Crippen LogP contribution is -2.55. The van der Waals surface area contributed by atoms with Crippen LogP contribution in [-0.4, -0.2) is 59.6 Å². The molecule has 3 N–H and O–H groups in total. The van der Waals surface area contributed by atoms with E-state index in [4.69, 9.17) is 9.47 Å². The van der Waals surface area contributed by atoms with E-state index in [1.807, 2.05) is 0 Å². The zero-order valence-corrected chi connectivity index (χ0v) is 15.1. The van der Waals surface area contributed by atoms with Gasteiger partial charge in [-0.05, 0) is 32.1 Å². The molecule has 1 heterocycles. The summed E-state index contributed by atoms with van der Waals surface area (Å²) >= 11 is 0. The predicted molar refractivity (Wildman–Crippen MR) is 94.9 cm³/mol. The van der Waals surface area contributed by atoms with Gasteiger partial charge in [-0.3, -0.25) is 0 Å². The molecule has 4 atom stereocenters. The van der Waals surface area contributed by atoms with Crippen molar-refractivity contribution in [1.82, 2.24) is 0 Å². The Balaban J connectivity index is 2.01. The average Bonchev–Trinajstić information content (AvgIpc) is 2.59. The number of hydrogen-bond donors (Lipinski definition) is 3. The van der Waals surface area contributed by atoms with Crippen molar-refractivity contribution in [2.24, 2.45) is 0 Å². The summed E-state index contributed by atoms with van der Waals surface area (Å²) in [6.45, 7) is 2.57. The second-order valence-corrected chi connectivity index (χ2v) is 6.62. The van der Waals surface area contributed by atoms with Crippen molar-refractivity contribution in [3.05, 3.63) is 12.2 Å². The molecule has 0 aliphatic carbocycles. The number of aliphatic hydroxyl groups excluding tert-OH is 3. The maximum atomic E-state index is 9.94. The molecule has 1 aliphatic heterocycles. The molecular formula is C19H36O5. The number of allylic oxidation sites excluding steroid dienone is 2. The number of ether oxygens (including phenoxy) is 2. The van der Waals surface area contributed by atoms with E-state index in [1.165, 1.54) is 32.1 Å². The Morgan fingerprint density at radius 1 is 1.00 bits per heavy atom. The molecule has 0 bridgehead atoms. The summed E-state index contributed by atoms with van der Waals surface area (Å²) in [6, 6.07) is 0. The third-order valence-electron chi connectivity index (χ3n) is 4.47. The van der Waals surface area contributed by atoms with Gasteiger partial charge in [0.15, 0.2) is 0 Å². The van der Waals surface area contributed by atoms with Gasteiger partial charge in [0, 0.05) is 6.61 Å². The van der Waals surface area contributed by atoms with Crippen LogP contribution in [0.1, 0.15) is 64.7 Å². The molecular weight excluding hydrogens is 308 g/mol. The van der Waals surface area contributed by atoms with Gasteiger partial charge in [-0.2, -0.15) is 0 Å². The van der Waals surface area contributed by atoms with Crippen molar-refractivity contribution >= 4 is 0 Å². The summed E-state index contributed by atoms with van der Waals surface area (Å²) < 4.78 is 10.9. The first-order valence-corrected chi connectivity index (χ1v) is 9.55. The summed E-state index contributed by atoms with van der Waals surface area (Å²) in [5, 5.41) is 28.8. The lowest BCUT2D eigenvalue weighted by Gasteiger charge is -2.37. The molecule has 1 saturated heterocycles. The third kappa shape index (κ3) is 8.58. The normalized spacial score (nSPS) is 27.8. The smallest absolute Gasteiger partial charge is 0.114 e. The minimum Gasteiger partial charge on any atom is -0.394 e. The summed E-state index contributed by atoms with van der Waals surface area (Å²) in [5.41, 5.74) is 0. The summed E-state index contributed by atoms with van der Waals surface area (Å²) in [6.07, 6.45) is 12.0. The molecule has 142 valence electrons. The topological polar surface area (TPSA) is 79.2 Å². The van der Waals surface area contributed by atoms with Crippen molar-refractivity contribution in [2.45, 2.75) is 89.1 Å². The fourth-order valence-corrected chi connectivity index (χ4v) is 2.90. The molecule has 5 nitrogen and oxygen atoms in total. The first kappa shape index (κ1) is 21.6. The summed E-state index contributed by atoms with van der Waals surface area (Å²) in [5.74, 6) is 0. The molecule has 0 spiro atoms. The maximum absolute atomic E-state index is 9.94. The van der Waals surface area contributed by atoms with E-state index in [9.17, 15) is 15.3 Å². The second-order valence-electron chi connectivity index (χ2n) is 6.62. The molecule has 1 fully saturated rings. The molecule has 1 aliphatic rings. The van der Waals surface area contributed by atoms with Gasteiger partial charge in [-0.15, -0.1) is 0 Å². The van der Waals surface area contributed by atoms with E-state index in [2.05, 4.69) is 19.1 Å². The maximum Gasteiger partial charge on any atom is 0.114 e. The number of unbranched alkanes of at least 4 members (excludes halogenated alkanes) is 7. The van der Waals surface area contributed by atoms with Crippen molar-refractivity contribution in [3.63, 3.8) is 0 Å². The first-order chi connectivity index (χ1) is 11.7. The largest absolute Gasteiger partial charge is 0.394 e. The molecule has 0 aromatic heterocycles. The second kappa shape index (κ2) is 13.8. The van der Waals surface area contributed by atoms with Crippen molar-refractivity contribution in [3.8, 4) is 0 Å². The van der Waals surface area contributed by atoms with Crippen LogP contribution in [0.2, 0.25) is 0 Å². The fraction of sp³-hybridized carbons (Fsp3) is 0.895. The highest BCUT2D eigenvalue weighted by Gasteiger charge is 2.39. The third-order valence-corrected chi connectivity index (χ3v) is 4.47. The Kier molecular flexibility index (Phi) is 12.4. The minimum absolute atomic E-state index is 0.0387. The van der Waals surface area contributed by atoms with Gasteiger partial charge >= 0.3 is 0 Å². The van der Waals surface area contributed by atoms with Gasteiger partial charge in [0.05, 0.1) is 13.2 Å². The SMILES string of the molecule is CCCCCC/C=C/CCCCCO[C@H]1[C@H](O)[C@@H](O)CO[C@@H]1CO. The first-order valence-electron chi connectivity index (χ1n) is 9.55. The Hall–Kier alpha value is -0.460. The van der Waals surface area contributed by atoms with E-state index in [1.54, 1.807) is 0 Å². The van der Waals surface area contributed by atoms with E-state index >= 15 is 0 Å². The van der Waals surface area contributed by atoms with E-state index in [0.29, 0.717) is 6.61 Å². The van der Waals surface area contributed by atoms with Gasteiger partial charge in [-0.1, -0.05) is 44.8 Å². The predicted octanol–water partition coefficient (Wildman–Crippen LogP) is 2.57. The van der Waals surface area contributed by atoms with Crippen LogP contribution in [0.15, 0.2) is 12.2 Å². The van der Waals surface area contributed by atoms with Crippen LogP contribution in [0.5, 0.6) is 0 Å². The molecule has 0 aromatic carbocycles. The number of aliphatic hydroxyl groups is 3. The van der Waals surface area contributed by atoms with Gasteiger partial charge < -0.3 is 24.8 Å². The Bertz CT molecular complexity index is 319. The zero-order valence-electron chi connectivity index (χ0n) is 15.1. The van der Waals surface area contributed by atoms with Crippen LogP contribution < -0.4 is 0 Å². The summed E-state index contributed by atoms with van der Waals surface area (Å²) in [7, 11) is 0. The highest BCUT2D eigenvalue weighted by molar-refractivity contribution is 4.87. The molecule has 1 rings (SSSR count). The molecule has 0 amide bonds. The van der Waals surface area contributed by atoms with E-state index in [0.717, 1.165) is 25.7 Å². The highest BCUT2D eigenvalue weighted by Crippen LogP contribution is 2.19. The lowest BCUT2D eigenvalue weighted by atomic mass is 10.0. The lowest BCUT2D eigenvalue weighted by molar-refractivity contribution is -0.211. The molecule has 0 unspecified atom stereocenters. The minimum atomic E-state index is -0.994. The van der Waals surface area contributed by atoms with Gasteiger partial charge in [0.2, 0.25) is 0 Å². The van der Waals surface area contributed by atoms with Crippen LogP contribution in [0.25, 0.3) is 0 Å². The molecule has 0 aromatic rings. The van der Waals surface area contributed by atoms with Gasteiger partial charge in [0.1, 0.15) is 24.4 Å². The Morgan fingerprint density at radius 2 is 1.67 bits per heavy atom. The fourth-order valence-electron chi connectivity index (χ4n) is 2.90.